The fraction of sp³-hybridized carbons (Fsp3) is 0.375. The minimum atomic E-state index is -0.116. The summed E-state index contributed by atoms with van der Waals surface area (Å²) in [6.07, 6.45) is 1.58. The number of furan rings is 1. The van der Waals surface area contributed by atoms with E-state index in [1.54, 1.807) is 30.7 Å². The molecule has 2 aromatic heterocycles. The van der Waals surface area contributed by atoms with Crippen molar-refractivity contribution in [1.82, 2.24) is 16.0 Å². The van der Waals surface area contributed by atoms with Gasteiger partial charge in [-0.25, -0.2) is 0 Å². The summed E-state index contributed by atoms with van der Waals surface area (Å²) in [5, 5.41) is 13.2. The van der Waals surface area contributed by atoms with Gasteiger partial charge in [0.15, 0.2) is 5.96 Å². The molecule has 2 rings (SSSR count). The van der Waals surface area contributed by atoms with Crippen LogP contribution in [-0.4, -0.2) is 32.0 Å². The summed E-state index contributed by atoms with van der Waals surface area (Å²) in [5.41, 5.74) is 1.30. The molecule has 0 spiro atoms. The summed E-state index contributed by atoms with van der Waals surface area (Å²) >= 11 is 1.69. The molecule has 0 aliphatic rings. The van der Waals surface area contributed by atoms with Gasteiger partial charge in [-0.05, 0) is 40.4 Å². The molecular weight excluding hydrogens is 439 g/mol. The Morgan fingerprint density at radius 2 is 2.17 bits per heavy atom. The first kappa shape index (κ1) is 20.5. The summed E-state index contributed by atoms with van der Waals surface area (Å²) in [6.45, 7) is 3.45. The number of thiophene rings is 1. The third-order valence-corrected chi connectivity index (χ3v) is 4.07. The van der Waals surface area contributed by atoms with Crippen molar-refractivity contribution in [1.29, 1.82) is 0 Å². The van der Waals surface area contributed by atoms with Gasteiger partial charge in [-0.3, -0.25) is 9.79 Å². The largest absolute Gasteiger partial charge is 0.467 e. The van der Waals surface area contributed by atoms with Crippen molar-refractivity contribution in [2.24, 2.45) is 4.99 Å². The number of amides is 1. The molecule has 3 N–H and O–H groups in total. The van der Waals surface area contributed by atoms with Crippen molar-refractivity contribution in [2.45, 2.75) is 19.4 Å². The maximum atomic E-state index is 11.8. The number of guanidine groups is 1. The van der Waals surface area contributed by atoms with Crippen molar-refractivity contribution < 1.29 is 9.21 Å². The molecule has 0 bridgehead atoms. The molecular formula is C16H23IN4O2S. The molecule has 2 heterocycles. The van der Waals surface area contributed by atoms with Gasteiger partial charge in [0.1, 0.15) is 5.76 Å². The summed E-state index contributed by atoms with van der Waals surface area (Å²) in [7, 11) is 1.69. The van der Waals surface area contributed by atoms with E-state index in [0.29, 0.717) is 18.4 Å². The van der Waals surface area contributed by atoms with Crippen LogP contribution in [0.15, 0.2) is 44.6 Å². The third kappa shape index (κ3) is 6.91. The maximum Gasteiger partial charge on any atom is 0.239 e. The number of nitrogens with one attached hydrogen (secondary N) is 3. The molecule has 24 heavy (non-hydrogen) atoms. The van der Waals surface area contributed by atoms with Gasteiger partial charge in [0.25, 0.3) is 0 Å². The van der Waals surface area contributed by atoms with Crippen molar-refractivity contribution in [3.63, 3.8) is 0 Å². The summed E-state index contributed by atoms with van der Waals surface area (Å²) in [4.78, 5) is 15.9. The number of carbonyl (C=O) groups is 1. The fourth-order valence-corrected chi connectivity index (χ4v) is 2.75. The second-order valence-electron chi connectivity index (χ2n) is 5.12. The molecule has 0 saturated heterocycles. The Balaban J connectivity index is 0.00000288. The van der Waals surface area contributed by atoms with Crippen molar-refractivity contribution >= 4 is 47.2 Å². The molecule has 0 aromatic carbocycles. The van der Waals surface area contributed by atoms with E-state index in [0.717, 1.165) is 12.3 Å². The molecule has 1 unspecified atom stereocenters. The summed E-state index contributed by atoms with van der Waals surface area (Å²) in [6, 6.07) is 5.73. The number of nitrogens with zero attached hydrogens (tertiary/aromatic N) is 1. The minimum absolute atomic E-state index is 0. The highest BCUT2D eigenvalue weighted by atomic mass is 127. The Morgan fingerprint density at radius 1 is 1.33 bits per heavy atom. The van der Waals surface area contributed by atoms with Crippen LogP contribution in [0.1, 0.15) is 24.2 Å². The van der Waals surface area contributed by atoms with Gasteiger partial charge in [-0.2, -0.15) is 11.3 Å². The first-order chi connectivity index (χ1) is 11.2. The molecule has 0 radical (unpaired) electrons. The van der Waals surface area contributed by atoms with Gasteiger partial charge in [0, 0.05) is 13.6 Å². The topological polar surface area (TPSA) is 78.7 Å². The van der Waals surface area contributed by atoms with E-state index >= 15 is 0 Å². The zero-order valence-corrected chi connectivity index (χ0v) is 16.9. The van der Waals surface area contributed by atoms with Gasteiger partial charge in [-0.1, -0.05) is 6.92 Å². The molecule has 0 saturated carbocycles. The average molecular weight is 462 g/mol. The van der Waals surface area contributed by atoms with E-state index in [2.05, 4.69) is 44.7 Å². The van der Waals surface area contributed by atoms with Gasteiger partial charge < -0.3 is 20.4 Å². The molecule has 0 aliphatic carbocycles. The van der Waals surface area contributed by atoms with Crippen LogP contribution in [-0.2, 0) is 11.3 Å². The Morgan fingerprint density at radius 3 is 2.79 bits per heavy atom. The van der Waals surface area contributed by atoms with Crippen molar-refractivity contribution in [2.75, 3.05) is 20.1 Å². The molecule has 1 atom stereocenters. The van der Waals surface area contributed by atoms with Crippen molar-refractivity contribution in [3.05, 3.63) is 46.5 Å². The highest BCUT2D eigenvalue weighted by molar-refractivity contribution is 14.0. The normalized spacial score (nSPS) is 12.2. The molecule has 0 aliphatic heterocycles. The fourth-order valence-electron chi connectivity index (χ4n) is 1.97. The lowest BCUT2D eigenvalue weighted by molar-refractivity contribution is -0.120. The quantitative estimate of drug-likeness (QED) is 0.336. The first-order valence-electron chi connectivity index (χ1n) is 7.44. The molecule has 8 heteroatoms. The number of hydrogen-bond acceptors (Lipinski definition) is 4. The van der Waals surface area contributed by atoms with Crippen LogP contribution in [0, 0.1) is 0 Å². The highest BCUT2D eigenvalue weighted by Crippen LogP contribution is 2.16. The lowest BCUT2D eigenvalue weighted by Crippen LogP contribution is -2.43. The van der Waals surface area contributed by atoms with Crippen molar-refractivity contribution in [3.8, 4) is 0 Å². The van der Waals surface area contributed by atoms with Gasteiger partial charge >= 0.3 is 0 Å². The van der Waals surface area contributed by atoms with E-state index in [4.69, 9.17) is 4.42 Å². The van der Waals surface area contributed by atoms with Crippen LogP contribution < -0.4 is 16.0 Å². The van der Waals surface area contributed by atoms with Gasteiger partial charge in [0.2, 0.25) is 5.91 Å². The lowest BCUT2D eigenvalue weighted by atomic mass is 10.1. The SMILES string of the molecule is CN=C(NCC(=O)NCc1ccco1)NCC(C)c1ccsc1.I. The summed E-state index contributed by atoms with van der Waals surface area (Å²) < 4.78 is 5.16. The third-order valence-electron chi connectivity index (χ3n) is 3.37. The Bertz CT molecular complexity index is 614. The number of rotatable bonds is 7. The van der Waals surface area contributed by atoms with E-state index in [9.17, 15) is 4.79 Å². The van der Waals surface area contributed by atoms with E-state index < -0.39 is 0 Å². The molecule has 1 amide bonds. The minimum Gasteiger partial charge on any atom is -0.467 e. The van der Waals surface area contributed by atoms with Gasteiger partial charge in [0.05, 0.1) is 19.4 Å². The molecule has 6 nitrogen and oxygen atoms in total. The first-order valence-corrected chi connectivity index (χ1v) is 8.39. The van der Waals surface area contributed by atoms with Crippen LogP contribution in [0.3, 0.4) is 0 Å². The second kappa shape index (κ2) is 11.1. The molecule has 0 fully saturated rings. The molecule has 132 valence electrons. The molecule has 2 aromatic rings. The maximum absolute atomic E-state index is 11.8. The van der Waals surface area contributed by atoms with E-state index in [-0.39, 0.29) is 36.4 Å². The predicted octanol–water partition coefficient (Wildman–Crippen LogP) is 2.54. The van der Waals surface area contributed by atoms with Crippen LogP contribution in [0.2, 0.25) is 0 Å². The second-order valence-corrected chi connectivity index (χ2v) is 5.90. The van der Waals surface area contributed by atoms with Crippen LogP contribution >= 0.6 is 35.3 Å². The number of aliphatic imine (C=N–C) groups is 1. The lowest BCUT2D eigenvalue weighted by Gasteiger charge is -2.15. The standard InChI is InChI=1S/C16H22N4O2S.HI/c1-12(13-5-7-23-11-13)8-19-16(17-2)20-10-15(21)18-9-14-4-3-6-22-14;/h3-7,11-12H,8-10H2,1-2H3,(H,18,21)(H2,17,19,20);1H. The van der Waals surface area contributed by atoms with Crippen LogP contribution in [0.4, 0.5) is 0 Å². The monoisotopic (exact) mass is 462 g/mol. The Kier molecular flexibility index (Phi) is 9.46. The number of carbonyl (C=O) groups excluding carboxylic acids is 1. The predicted molar refractivity (Wildman–Crippen MR) is 108 cm³/mol. The Labute approximate surface area is 163 Å². The zero-order chi connectivity index (χ0) is 16.5. The van der Waals surface area contributed by atoms with Crippen LogP contribution in [0.25, 0.3) is 0 Å². The smallest absolute Gasteiger partial charge is 0.239 e. The van der Waals surface area contributed by atoms with E-state index in [1.165, 1.54) is 5.56 Å². The zero-order valence-electron chi connectivity index (χ0n) is 13.7. The highest BCUT2D eigenvalue weighted by Gasteiger charge is 2.08. The Hall–Kier alpha value is -1.55. The average Bonchev–Trinajstić information content (AvgIpc) is 3.26. The van der Waals surface area contributed by atoms with Crippen LogP contribution in [0.5, 0.6) is 0 Å². The number of halogens is 1. The number of hydrogen-bond donors (Lipinski definition) is 3. The summed E-state index contributed by atoms with van der Waals surface area (Å²) in [5.74, 6) is 1.61. The van der Waals surface area contributed by atoms with Gasteiger partial charge in [-0.15, -0.1) is 24.0 Å². The van der Waals surface area contributed by atoms with E-state index in [1.807, 2.05) is 6.07 Å².